The number of piperazine rings is 1. The highest BCUT2D eigenvalue weighted by molar-refractivity contribution is 5.99. The summed E-state index contributed by atoms with van der Waals surface area (Å²) in [6.07, 6.45) is 0. The number of amides is 2. The van der Waals surface area contributed by atoms with Crippen LogP contribution in [-0.4, -0.2) is 34.8 Å². The maximum atomic E-state index is 12.4. The molecule has 0 aliphatic carbocycles. The van der Waals surface area contributed by atoms with Crippen molar-refractivity contribution in [2.75, 3.05) is 6.54 Å². The number of carbonyl (C=O) groups is 2. The second-order valence-electron chi connectivity index (χ2n) is 6.15. The van der Waals surface area contributed by atoms with E-state index in [9.17, 15) is 9.59 Å². The Balaban J connectivity index is 3.04. The van der Waals surface area contributed by atoms with E-state index in [2.05, 4.69) is 19.2 Å². The van der Waals surface area contributed by atoms with E-state index in [1.54, 1.807) is 18.7 Å². The van der Waals surface area contributed by atoms with E-state index in [0.29, 0.717) is 12.5 Å². The molecule has 1 aliphatic rings. The van der Waals surface area contributed by atoms with E-state index in [0.717, 1.165) is 0 Å². The maximum Gasteiger partial charge on any atom is 0.248 e. The van der Waals surface area contributed by atoms with Gasteiger partial charge in [-0.05, 0) is 25.7 Å². The smallest absolute Gasteiger partial charge is 0.248 e. The Kier molecular flexibility index (Phi) is 3.84. The Morgan fingerprint density at radius 2 is 1.76 bits per heavy atom. The molecule has 4 heteroatoms. The van der Waals surface area contributed by atoms with Gasteiger partial charge in [0.2, 0.25) is 11.8 Å². The molecule has 0 aromatic carbocycles. The monoisotopic (exact) mass is 240 g/mol. The highest BCUT2D eigenvalue weighted by Gasteiger charge is 2.46. The lowest BCUT2D eigenvalue weighted by atomic mass is 9.91. The van der Waals surface area contributed by atoms with Gasteiger partial charge in [0.25, 0.3) is 0 Å². The van der Waals surface area contributed by atoms with Crippen molar-refractivity contribution in [3.05, 3.63) is 0 Å². The summed E-state index contributed by atoms with van der Waals surface area (Å²) in [4.78, 5) is 26.2. The van der Waals surface area contributed by atoms with Crippen molar-refractivity contribution in [1.29, 1.82) is 0 Å². The second-order valence-corrected chi connectivity index (χ2v) is 6.15. The van der Waals surface area contributed by atoms with Gasteiger partial charge in [0, 0.05) is 6.54 Å². The maximum absolute atomic E-state index is 12.4. The fourth-order valence-corrected chi connectivity index (χ4v) is 2.31. The molecule has 0 aromatic heterocycles. The molecule has 0 saturated carbocycles. The third kappa shape index (κ3) is 2.79. The van der Waals surface area contributed by atoms with Crippen molar-refractivity contribution in [1.82, 2.24) is 10.2 Å². The van der Waals surface area contributed by atoms with Gasteiger partial charge in [-0.15, -0.1) is 0 Å². The molecule has 0 radical (unpaired) electrons. The summed E-state index contributed by atoms with van der Waals surface area (Å²) in [5.74, 6) is 0.477. The van der Waals surface area contributed by atoms with Crippen LogP contribution in [0.25, 0.3) is 0 Å². The molecule has 1 fully saturated rings. The average molecular weight is 240 g/mol. The van der Waals surface area contributed by atoms with E-state index in [4.69, 9.17) is 0 Å². The molecule has 1 atom stereocenters. The number of carbonyl (C=O) groups excluding carboxylic acids is 2. The molecule has 1 saturated heterocycles. The first-order valence-corrected chi connectivity index (χ1v) is 6.30. The van der Waals surface area contributed by atoms with Crippen LogP contribution in [0.15, 0.2) is 0 Å². The van der Waals surface area contributed by atoms with E-state index in [1.807, 2.05) is 13.8 Å². The minimum atomic E-state index is -0.780. The zero-order valence-corrected chi connectivity index (χ0v) is 11.7. The molecule has 4 nitrogen and oxygen atoms in total. The molecular weight excluding hydrogens is 216 g/mol. The van der Waals surface area contributed by atoms with Crippen LogP contribution in [0.3, 0.4) is 0 Å². The lowest BCUT2D eigenvalue weighted by molar-refractivity contribution is -0.155. The Morgan fingerprint density at radius 3 is 2.18 bits per heavy atom. The third-order valence-corrected chi connectivity index (χ3v) is 3.03. The first kappa shape index (κ1) is 14.0. The minimum absolute atomic E-state index is 0.0181. The fraction of sp³-hybridized carbons (Fsp3) is 0.846. The predicted molar refractivity (Wildman–Crippen MR) is 67.4 cm³/mol. The van der Waals surface area contributed by atoms with Crippen molar-refractivity contribution in [2.24, 2.45) is 11.8 Å². The zero-order valence-electron chi connectivity index (χ0n) is 11.7. The summed E-state index contributed by atoms with van der Waals surface area (Å²) < 4.78 is 0. The van der Waals surface area contributed by atoms with E-state index < -0.39 is 5.54 Å². The molecule has 0 bridgehead atoms. The average Bonchev–Trinajstić information content (AvgIpc) is 2.11. The summed E-state index contributed by atoms with van der Waals surface area (Å²) in [5.41, 5.74) is -0.780. The first-order chi connectivity index (χ1) is 7.66. The van der Waals surface area contributed by atoms with Gasteiger partial charge in [0.15, 0.2) is 0 Å². The molecule has 1 rings (SSSR count). The largest absolute Gasteiger partial charge is 0.340 e. The van der Waals surface area contributed by atoms with Crippen LogP contribution < -0.4 is 5.32 Å². The van der Waals surface area contributed by atoms with Gasteiger partial charge in [0.05, 0.1) is 0 Å². The Bertz CT molecular complexity index is 321. The van der Waals surface area contributed by atoms with Gasteiger partial charge < -0.3 is 10.2 Å². The molecule has 0 aromatic rings. The van der Waals surface area contributed by atoms with Gasteiger partial charge in [-0.1, -0.05) is 27.7 Å². The number of nitrogens with zero attached hydrogens (tertiary/aromatic N) is 1. The first-order valence-electron chi connectivity index (χ1n) is 6.30. The second kappa shape index (κ2) is 4.67. The van der Waals surface area contributed by atoms with Gasteiger partial charge >= 0.3 is 0 Å². The summed E-state index contributed by atoms with van der Waals surface area (Å²) in [7, 11) is 0. The highest BCUT2D eigenvalue weighted by atomic mass is 16.2. The molecule has 1 aliphatic heterocycles. The standard InChI is InChI=1S/C13H24N2O2/c1-8(2)7-15-10(9(3)4)11(16)14-13(5,6)12(15)17/h8-10H,7H2,1-6H3,(H,14,16). The van der Waals surface area contributed by atoms with Gasteiger partial charge in [-0.2, -0.15) is 0 Å². The van der Waals surface area contributed by atoms with Gasteiger partial charge in [-0.25, -0.2) is 0 Å². The van der Waals surface area contributed by atoms with Crippen molar-refractivity contribution >= 4 is 11.8 Å². The Hall–Kier alpha value is -1.06. The van der Waals surface area contributed by atoms with Crippen molar-refractivity contribution in [3.8, 4) is 0 Å². The van der Waals surface area contributed by atoms with Crippen LogP contribution in [-0.2, 0) is 9.59 Å². The van der Waals surface area contributed by atoms with Crippen molar-refractivity contribution in [3.63, 3.8) is 0 Å². The normalized spacial score (nSPS) is 24.5. The number of nitrogens with one attached hydrogen (secondary N) is 1. The van der Waals surface area contributed by atoms with E-state index in [1.165, 1.54) is 0 Å². The number of hydrogen-bond donors (Lipinski definition) is 1. The molecule has 2 amide bonds. The Labute approximate surface area is 104 Å². The van der Waals surface area contributed by atoms with E-state index in [-0.39, 0.29) is 23.8 Å². The molecule has 98 valence electrons. The van der Waals surface area contributed by atoms with Crippen LogP contribution in [0, 0.1) is 11.8 Å². The summed E-state index contributed by atoms with van der Waals surface area (Å²) in [6.45, 7) is 12.2. The Morgan fingerprint density at radius 1 is 1.24 bits per heavy atom. The molecule has 1 heterocycles. The SMILES string of the molecule is CC(C)CN1C(=O)C(C)(C)NC(=O)C1C(C)C. The highest BCUT2D eigenvalue weighted by Crippen LogP contribution is 2.23. The summed E-state index contributed by atoms with van der Waals surface area (Å²) >= 11 is 0. The van der Waals surface area contributed by atoms with Gasteiger partial charge in [-0.3, -0.25) is 9.59 Å². The molecular formula is C13H24N2O2. The third-order valence-electron chi connectivity index (χ3n) is 3.03. The number of hydrogen-bond acceptors (Lipinski definition) is 2. The topological polar surface area (TPSA) is 49.4 Å². The van der Waals surface area contributed by atoms with Crippen LogP contribution in [0.4, 0.5) is 0 Å². The quantitative estimate of drug-likeness (QED) is 0.810. The van der Waals surface area contributed by atoms with E-state index >= 15 is 0 Å². The lowest BCUT2D eigenvalue weighted by Crippen LogP contribution is -2.69. The van der Waals surface area contributed by atoms with Crippen LogP contribution in [0.1, 0.15) is 41.5 Å². The molecule has 17 heavy (non-hydrogen) atoms. The van der Waals surface area contributed by atoms with Gasteiger partial charge in [0.1, 0.15) is 11.6 Å². The van der Waals surface area contributed by atoms with Crippen LogP contribution >= 0.6 is 0 Å². The zero-order chi connectivity index (χ0) is 13.4. The minimum Gasteiger partial charge on any atom is -0.340 e. The fourth-order valence-electron chi connectivity index (χ4n) is 2.31. The van der Waals surface area contributed by atoms with Crippen molar-refractivity contribution < 1.29 is 9.59 Å². The van der Waals surface area contributed by atoms with Crippen LogP contribution in [0.5, 0.6) is 0 Å². The molecule has 0 spiro atoms. The summed E-state index contributed by atoms with van der Waals surface area (Å²) in [5, 5.41) is 2.81. The lowest BCUT2D eigenvalue weighted by Gasteiger charge is -2.45. The predicted octanol–water partition coefficient (Wildman–Crippen LogP) is 1.40. The van der Waals surface area contributed by atoms with Crippen LogP contribution in [0.2, 0.25) is 0 Å². The summed E-state index contributed by atoms with van der Waals surface area (Å²) in [6, 6.07) is -0.335. The number of rotatable bonds is 3. The molecule has 1 N–H and O–H groups in total. The van der Waals surface area contributed by atoms with Crippen molar-refractivity contribution in [2.45, 2.75) is 53.1 Å². The molecule has 1 unspecified atom stereocenters.